The van der Waals surface area contributed by atoms with Crippen molar-refractivity contribution in [3.05, 3.63) is 53.3 Å². The summed E-state index contributed by atoms with van der Waals surface area (Å²) >= 11 is 0. The number of likely N-dealkylation sites (tertiary alicyclic amines) is 1. The van der Waals surface area contributed by atoms with Crippen LogP contribution >= 0.6 is 0 Å². The highest BCUT2D eigenvalue weighted by Gasteiger charge is 2.19. The van der Waals surface area contributed by atoms with Crippen LogP contribution in [0.2, 0.25) is 0 Å². The Kier molecular flexibility index (Phi) is 4.99. The maximum atomic E-state index is 12.3. The molecule has 0 saturated carbocycles. The molecular weight excluding hydrogens is 326 g/mol. The van der Waals surface area contributed by atoms with Gasteiger partial charge in [0.2, 0.25) is 0 Å². The number of sulfone groups is 1. The first kappa shape index (κ1) is 16.7. The summed E-state index contributed by atoms with van der Waals surface area (Å²) in [6, 6.07) is 6.92. The molecule has 1 saturated heterocycles. The Morgan fingerprint density at radius 2 is 1.83 bits per heavy atom. The van der Waals surface area contributed by atoms with Gasteiger partial charge in [0.15, 0.2) is 9.84 Å². The van der Waals surface area contributed by atoms with Crippen molar-refractivity contribution < 1.29 is 13.2 Å². The van der Waals surface area contributed by atoms with Crippen molar-refractivity contribution in [2.75, 3.05) is 18.8 Å². The summed E-state index contributed by atoms with van der Waals surface area (Å²) in [6.45, 7) is 1.62. The number of aromatic amines is 1. The summed E-state index contributed by atoms with van der Waals surface area (Å²) in [5.74, 6) is 0.103. The van der Waals surface area contributed by atoms with Crippen LogP contribution in [0.5, 0.6) is 0 Å². The van der Waals surface area contributed by atoms with Crippen LogP contribution in [0.4, 0.5) is 0 Å². The predicted molar refractivity (Wildman–Crippen MR) is 91.4 cm³/mol. The van der Waals surface area contributed by atoms with Gasteiger partial charge in [0, 0.05) is 24.8 Å². The second kappa shape index (κ2) is 7.17. The quantitative estimate of drug-likeness (QED) is 0.864. The predicted octanol–water partition coefficient (Wildman–Crippen LogP) is 1.80. The summed E-state index contributed by atoms with van der Waals surface area (Å²) in [7, 11) is -3.20. The van der Waals surface area contributed by atoms with Crippen LogP contribution in [-0.4, -0.2) is 48.3 Å². The fourth-order valence-corrected chi connectivity index (χ4v) is 4.25. The van der Waals surface area contributed by atoms with Gasteiger partial charge in [0.1, 0.15) is 0 Å². The maximum Gasteiger partial charge on any atom is 0.253 e. The van der Waals surface area contributed by atoms with E-state index in [9.17, 15) is 13.2 Å². The molecule has 1 aromatic heterocycles. The zero-order valence-electron chi connectivity index (χ0n) is 13.4. The van der Waals surface area contributed by atoms with E-state index in [1.165, 1.54) is 0 Å². The van der Waals surface area contributed by atoms with Gasteiger partial charge in [-0.1, -0.05) is 12.1 Å². The number of carbonyl (C=O) groups is 1. The lowest BCUT2D eigenvalue weighted by Crippen LogP contribution is -2.27. The molecule has 0 spiro atoms. The summed E-state index contributed by atoms with van der Waals surface area (Å²) in [5, 5.41) is 6.48. The molecule has 0 atom stereocenters. The standard InChI is InChI=1S/C17H21N3O3S/c21-17(20-8-1-2-9-20)16-5-3-14(4-6-16)13-24(22,23)10-7-15-11-18-19-12-15/h3-6,11-12H,1-2,7-10,13H2,(H,18,19). The number of aromatic nitrogens is 2. The van der Waals surface area contributed by atoms with E-state index in [-0.39, 0.29) is 17.4 Å². The lowest BCUT2D eigenvalue weighted by Gasteiger charge is -2.15. The van der Waals surface area contributed by atoms with Crippen LogP contribution in [0.25, 0.3) is 0 Å². The zero-order valence-corrected chi connectivity index (χ0v) is 14.3. The van der Waals surface area contributed by atoms with E-state index in [0.29, 0.717) is 17.5 Å². The molecule has 2 aromatic rings. The molecular formula is C17H21N3O3S. The third-order valence-electron chi connectivity index (χ3n) is 4.24. The van der Waals surface area contributed by atoms with Crippen LogP contribution in [0.3, 0.4) is 0 Å². The van der Waals surface area contributed by atoms with E-state index in [1.54, 1.807) is 36.7 Å². The van der Waals surface area contributed by atoms with Gasteiger partial charge in [-0.25, -0.2) is 8.42 Å². The van der Waals surface area contributed by atoms with Gasteiger partial charge in [-0.3, -0.25) is 9.89 Å². The smallest absolute Gasteiger partial charge is 0.253 e. The Labute approximate surface area is 141 Å². The number of H-pyrrole nitrogens is 1. The van der Waals surface area contributed by atoms with Crippen molar-refractivity contribution in [1.82, 2.24) is 15.1 Å². The van der Waals surface area contributed by atoms with Crippen LogP contribution in [0, 0.1) is 0 Å². The van der Waals surface area contributed by atoms with Gasteiger partial charge in [0.05, 0.1) is 17.7 Å². The van der Waals surface area contributed by atoms with Gasteiger partial charge in [-0.05, 0) is 42.5 Å². The average molecular weight is 347 g/mol. The Morgan fingerprint density at radius 3 is 2.46 bits per heavy atom. The lowest BCUT2D eigenvalue weighted by molar-refractivity contribution is 0.0793. The fourth-order valence-electron chi connectivity index (χ4n) is 2.86. The molecule has 24 heavy (non-hydrogen) atoms. The van der Waals surface area contributed by atoms with Crippen molar-refractivity contribution >= 4 is 15.7 Å². The molecule has 0 radical (unpaired) electrons. The van der Waals surface area contributed by atoms with E-state index in [4.69, 9.17) is 0 Å². The van der Waals surface area contributed by atoms with E-state index in [2.05, 4.69) is 10.2 Å². The number of amides is 1. The number of hydrogen-bond acceptors (Lipinski definition) is 4. The van der Waals surface area contributed by atoms with Gasteiger partial charge in [0.25, 0.3) is 5.91 Å². The summed E-state index contributed by atoms with van der Waals surface area (Å²) < 4.78 is 24.4. The topological polar surface area (TPSA) is 83.1 Å². The number of nitrogens with one attached hydrogen (secondary N) is 1. The van der Waals surface area contributed by atoms with Crippen LogP contribution in [-0.2, 0) is 22.0 Å². The molecule has 0 bridgehead atoms. The minimum atomic E-state index is -3.20. The molecule has 1 amide bonds. The second-order valence-electron chi connectivity index (χ2n) is 6.14. The highest BCUT2D eigenvalue weighted by molar-refractivity contribution is 7.90. The third-order valence-corrected chi connectivity index (χ3v) is 5.84. The highest BCUT2D eigenvalue weighted by atomic mass is 32.2. The molecule has 2 heterocycles. The van der Waals surface area contributed by atoms with Gasteiger partial charge in [-0.15, -0.1) is 0 Å². The molecule has 1 aromatic carbocycles. The van der Waals surface area contributed by atoms with Crippen molar-refractivity contribution in [2.45, 2.75) is 25.0 Å². The number of benzene rings is 1. The number of hydrogen-bond donors (Lipinski definition) is 1. The Balaban J connectivity index is 1.59. The molecule has 3 rings (SSSR count). The molecule has 6 nitrogen and oxygen atoms in total. The molecule has 1 aliphatic rings. The molecule has 1 fully saturated rings. The first-order chi connectivity index (χ1) is 11.5. The minimum absolute atomic E-state index is 0.0109. The van der Waals surface area contributed by atoms with Crippen LogP contribution in [0.15, 0.2) is 36.7 Å². The monoisotopic (exact) mass is 347 g/mol. The largest absolute Gasteiger partial charge is 0.339 e. The number of rotatable bonds is 6. The third kappa shape index (κ3) is 4.23. The Morgan fingerprint density at radius 1 is 1.12 bits per heavy atom. The van der Waals surface area contributed by atoms with Crippen molar-refractivity contribution in [3.63, 3.8) is 0 Å². The first-order valence-corrected chi connectivity index (χ1v) is 9.92. The lowest BCUT2D eigenvalue weighted by atomic mass is 10.1. The Hall–Kier alpha value is -2.15. The number of aryl methyl sites for hydroxylation is 1. The van der Waals surface area contributed by atoms with Gasteiger partial charge < -0.3 is 4.90 Å². The molecule has 128 valence electrons. The van der Waals surface area contributed by atoms with Crippen LogP contribution in [0.1, 0.15) is 34.3 Å². The van der Waals surface area contributed by atoms with E-state index in [0.717, 1.165) is 31.5 Å². The van der Waals surface area contributed by atoms with Gasteiger partial charge in [-0.2, -0.15) is 5.10 Å². The van der Waals surface area contributed by atoms with Crippen LogP contribution < -0.4 is 0 Å². The average Bonchev–Trinajstić information content (AvgIpc) is 3.26. The molecule has 7 heteroatoms. The SMILES string of the molecule is O=C(c1ccc(CS(=O)(=O)CCc2cn[nH]c2)cc1)N1CCCC1. The van der Waals surface area contributed by atoms with Gasteiger partial charge >= 0.3 is 0 Å². The minimum Gasteiger partial charge on any atom is -0.339 e. The second-order valence-corrected chi connectivity index (χ2v) is 8.33. The summed E-state index contributed by atoms with van der Waals surface area (Å²) in [4.78, 5) is 14.1. The fraction of sp³-hybridized carbons (Fsp3) is 0.412. The number of nitrogens with zero attached hydrogens (tertiary/aromatic N) is 2. The molecule has 0 aliphatic carbocycles. The van der Waals surface area contributed by atoms with E-state index >= 15 is 0 Å². The Bertz CT molecular complexity index is 777. The zero-order chi connectivity index (χ0) is 17.0. The molecule has 1 N–H and O–H groups in total. The highest BCUT2D eigenvalue weighted by Crippen LogP contribution is 2.15. The normalized spacial score (nSPS) is 14.9. The molecule has 0 unspecified atom stereocenters. The van der Waals surface area contributed by atoms with Crippen molar-refractivity contribution in [2.24, 2.45) is 0 Å². The van der Waals surface area contributed by atoms with Crippen molar-refractivity contribution in [1.29, 1.82) is 0 Å². The van der Waals surface area contributed by atoms with E-state index < -0.39 is 9.84 Å². The van der Waals surface area contributed by atoms with E-state index in [1.807, 2.05) is 4.90 Å². The molecule has 1 aliphatic heterocycles. The first-order valence-electron chi connectivity index (χ1n) is 8.10. The summed E-state index contributed by atoms with van der Waals surface area (Å²) in [6.07, 6.45) is 5.89. The number of carbonyl (C=O) groups excluding carboxylic acids is 1. The van der Waals surface area contributed by atoms with Crippen molar-refractivity contribution in [3.8, 4) is 0 Å². The maximum absolute atomic E-state index is 12.3. The summed E-state index contributed by atoms with van der Waals surface area (Å²) in [5.41, 5.74) is 2.21.